The predicted molar refractivity (Wildman–Crippen MR) is 73.8 cm³/mol. The third-order valence-electron chi connectivity index (χ3n) is 3.50. The SMILES string of the molecule is CCOC(=O)[C@H]1CCCC[C@H]1NC(=O)C(C)NC(C)=O. The van der Waals surface area contributed by atoms with Gasteiger partial charge in [0.2, 0.25) is 11.8 Å². The Labute approximate surface area is 119 Å². The van der Waals surface area contributed by atoms with Crippen LogP contribution in [0.5, 0.6) is 0 Å². The largest absolute Gasteiger partial charge is 0.466 e. The molecular weight excluding hydrogens is 260 g/mol. The Morgan fingerprint density at radius 2 is 1.90 bits per heavy atom. The maximum atomic E-state index is 12.0. The van der Waals surface area contributed by atoms with E-state index < -0.39 is 6.04 Å². The Morgan fingerprint density at radius 3 is 2.50 bits per heavy atom. The van der Waals surface area contributed by atoms with Gasteiger partial charge in [0.05, 0.1) is 12.5 Å². The number of rotatable bonds is 5. The van der Waals surface area contributed by atoms with Crippen molar-refractivity contribution in [2.45, 2.75) is 58.5 Å². The second-order valence-electron chi connectivity index (χ2n) is 5.18. The summed E-state index contributed by atoms with van der Waals surface area (Å²) in [6.07, 6.45) is 3.45. The molecular formula is C14H24N2O4. The summed E-state index contributed by atoms with van der Waals surface area (Å²) >= 11 is 0. The van der Waals surface area contributed by atoms with E-state index in [9.17, 15) is 14.4 Å². The van der Waals surface area contributed by atoms with Crippen LogP contribution in [0.25, 0.3) is 0 Å². The van der Waals surface area contributed by atoms with Gasteiger partial charge in [-0.3, -0.25) is 14.4 Å². The molecule has 3 atom stereocenters. The zero-order chi connectivity index (χ0) is 15.1. The Hall–Kier alpha value is -1.59. The molecule has 1 fully saturated rings. The van der Waals surface area contributed by atoms with Crippen molar-refractivity contribution in [2.75, 3.05) is 6.61 Å². The first kappa shape index (κ1) is 16.5. The lowest BCUT2D eigenvalue weighted by atomic mass is 9.84. The summed E-state index contributed by atoms with van der Waals surface area (Å²) in [6.45, 7) is 5.11. The molecule has 2 N–H and O–H groups in total. The highest BCUT2D eigenvalue weighted by molar-refractivity contribution is 5.87. The Bertz CT molecular complexity index is 370. The fourth-order valence-electron chi connectivity index (χ4n) is 2.51. The molecule has 0 bridgehead atoms. The average Bonchev–Trinajstić information content (AvgIpc) is 2.38. The van der Waals surface area contributed by atoms with Crippen LogP contribution in [-0.2, 0) is 19.1 Å². The summed E-state index contributed by atoms with van der Waals surface area (Å²) in [6, 6.07) is -0.802. The highest BCUT2D eigenvalue weighted by Crippen LogP contribution is 2.25. The smallest absolute Gasteiger partial charge is 0.311 e. The molecule has 1 aliphatic rings. The number of hydrogen-bond donors (Lipinski definition) is 2. The molecule has 0 aromatic carbocycles. The molecule has 2 amide bonds. The van der Waals surface area contributed by atoms with Gasteiger partial charge in [-0.05, 0) is 26.7 Å². The summed E-state index contributed by atoms with van der Waals surface area (Å²) in [7, 11) is 0. The van der Waals surface area contributed by atoms with Gasteiger partial charge in [-0.25, -0.2) is 0 Å². The number of hydrogen-bond acceptors (Lipinski definition) is 4. The standard InChI is InChI=1S/C14H24N2O4/c1-4-20-14(19)11-7-5-6-8-12(11)16-13(18)9(2)15-10(3)17/h9,11-12H,4-8H2,1-3H3,(H,15,17)(H,16,18)/t9?,11-,12+/m0/s1. The van der Waals surface area contributed by atoms with Gasteiger partial charge in [-0.2, -0.15) is 0 Å². The lowest BCUT2D eigenvalue weighted by molar-refractivity contribution is -0.150. The van der Waals surface area contributed by atoms with Crippen molar-refractivity contribution in [1.82, 2.24) is 10.6 Å². The molecule has 20 heavy (non-hydrogen) atoms. The first-order chi connectivity index (χ1) is 9.45. The summed E-state index contributed by atoms with van der Waals surface area (Å²) in [4.78, 5) is 34.8. The molecule has 0 aliphatic heterocycles. The van der Waals surface area contributed by atoms with E-state index in [0.717, 1.165) is 25.7 Å². The quantitative estimate of drug-likeness (QED) is 0.730. The van der Waals surface area contributed by atoms with Crippen molar-refractivity contribution < 1.29 is 19.1 Å². The molecule has 6 heteroatoms. The van der Waals surface area contributed by atoms with Crippen LogP contribution >= 0.6 is 0 Å². The molecule has 1 rings (SSSR count). The van der Waals surface area contributed by atoms with Crippen molar-refractivity contribution in [1.29, 1.82) is 0 Å². The molecule has 0 saturated heterocycles. The maximum absolute atomic E-state index is 12.0. The minimum absolute atomic E-state index is 0.202. The van der Waals surface area contributed by atoms with Crippen LogP contribution in [0, 0.1) is 5.92 Å². The minimum Gasteiger partial charge on any atom is -0.466 e. The van der Waals surface area contributed by atoms with E-state index in [2.05, 4.69) is 10.6 Å². The topological polar surface area (TPSA) is 84.5 Å². The lowest BCUT2D eigenvalue weighted by Gasteiger charge is -2.31. The third kappa shape index (κ3) is 4.83. The summed E-state index contributed by atoms with van der Waals surface area (Å²) in [5.41, 5.74) is 0. The number of ether oxygens (including phenoxy) is 1. The van der Waals surface area contributed by atoms with Gasteiger partial charge in [0.15, 0.2) is 0 Å². The molecule has 0 aromatic heterocycles. The van der Waals surface area contributed by atoms with E-state index >= 15 is 0 Å². The predicted octanol–water partition coefficient (Wildman–Crippen LogP) is 0.749. The van der Waals surface area contributed by atoms with E-state index in [-0.39, 0.29) is 29.7 Å². The van der Waals surface area contributed by atoms with Gasteiger partial charge >= 0.3 is 5.97 Å². The molecule has 1 unspecified atom stereocenters. The van der Waals surface area contributed by atoms with Crippen LogP contribution in [-0.4, -0.2) is 36.5 Å². The van der Waals surface area contributed by atoms with Crippen molar-refractivity contribution in [3.05, 3.63) is 0 Å². The van der Waals surface area contributed by atoms with Gasteiger partial charge in [0, 0.05) is 13.0 Å². The van der Waals surface area contributed by atoms with E-state index in [1.807, 2.05) is 0 Å². The van der Waals surface area contributed by atoms with Crippen molar-refractivity contribution >= 4 is 17.8 Å². The Morgan fingerprint density at radius 1 is 1.25 bits per heavy atom. The van der Waals surface area contributed by atoms with Gasteiger partial charge < -0.3 is 15.4 Å². The van der Waals surface area contributed by atoms with Crippen molar-refractivity contribution in [2.24, 2.45) is 5.92 Å². The van der Waals surface area contributed by atoms with Gasteiger partial charge in [0.25, 0.3) is 0 Å². The van der Waals surface area contributed by atoms with Gasteiger partial charge in [-0.15, -0.1) is 0 Å². The first-order valence-electron chi connectivity index (χ1n) is 7.19. The molecule has 0 aromatic rings. The molecule has 0 heterocycles. The van der Waals surface area contributed by atoms with Crippen LogP contribution in [0.4, 0.5) is 0 Å². The molecule has 0 spiro atoms. The second kappa shape index (κ2) is 7.87. The molecule has 6 nitrogen and oxygen atoms in total. The maximum Gasteiger partial charge on any atom is 0.311 e. The van der Waals surface area contributed by atoms with E-state index in [1.165, 1.54) is 6.92 Å². The molecule has 1 saturated carbocycles. The summed E-state index contributed by atoms with van der Waals surface area (Å²) < 4.78 is 5.06. The highest BCUT2D eigenvalue weighted by atomic mass is 16.5. The number of carbonyl (C=O) groups is 3. The molecule has 1 aliphatic carbocycles. The van der Waals surface area contributed by atoms with E-state index in [1.54, 1.807) is 13.8 Å². The van der Waals surface area contributed by atoms with Crippen LogP contribution < -0.4 is 10.6 Å². The van der Waals surface area contributed by atoms with Crippen LogP contribution in [0.2, 0.25) is 0 Å². The monoisotopic (exact) mass is 284 g/mol. The highest BCUT2D eigenvalue weighted by Gasteiger charge is 2.33. The first-order valence-corrected chi connectivity index (χ1v) is 7.19. The number of carbonyl (C=O) groups excluding carboxylic acids is 3. The second-order valence-corrected chi connectivity index (χ2v) is 5.18. The number of esters is 1. The van der Waals surface area contributed by atoms with Gasteiger partial charge in [0.1, 0.15) is 6.04 Å². The van der Waals surface area contributed by atoms with Gasteiger partial charge in [-0.1, -0.05) is 12.8 Å². The fraction of sp³-hybridized carbons (Fsp3) is 0.786. The molecule has 0 radical (unpaired) electrons. The van der Waals surface area contributed by atoms with E-state index in [4.69, 9.17) is 4.74 Å². The number of amides is 2. The normalized spacial score (nSPS) is 23.6. The lowest BCUT2D eigenvalue weighted by Crippen LogP contribution is -2.51. The van der Waals surface area contributed by atoms with Crippen LogP contribution in [0.15, 0.2) is 0 Å². The number of nitrogens with one attached hydrogen (secondary N) is 2. The van der Waals surface area contributed by atoms with Crippen molar-refractivity contribution in [3.63, 3.8) is 0 Å². The zero-order valence-corrected chi connectivity index (χ0v) is 12.4. The zero-order valence-electron chi connectivity index (χ0n) is 12.4. The molecule has 114 valence electrons. The minimum atomic E-state index is -0.600. The van der Waals surface area contributed by atoms with E-state index in [0.29, 0.717) is 6.61 Å². The van der Waals surface area contributed by atoms with Crippen LogP contribution in [0.3, 0.4) is 0 Å². The summed E-state index contributed by atoms with van der Waals surface area (Å²) in [5.74, 6) is -1.04. The fourth-order valence-corrected chi connectivity index (χ4v) is 2.51. The Balaban J connectivity index is 2.60. The average molecular weight is 284 g/mol. The van der Waals surface area contributed by atoms with Crippen molar-refractivity contribution in [3.8, 4) is 0 Å². The third-order valence-corrected chi connectivity index (χ3v) is 3.50. The summed E-state index contributed by atoms with van der Waals surface area (Å²) in [5, 5.41) is 5.39. The van der Waals surface area contributed by atoms with Crippen LogP contribution in [0.1, 0.15) is 46.5 Å². The Kier molecular flexibility index (Phi) is 6.48.